The number of anilines is 2. The van der Waals surface area contributed by atoms with Gasteiger partial charge in [-0.3, -0.25) is 10.2 Å². The maximum atomic E-state index is 12.8. The van der Waals surface area contributed by atoms with Crippen LogP contribution in [0.25, 0.3) is 0 Å². The second-order valence-corrected chi connectivity index (χ2v) is 5.74. The third kappa shape index (κ3) is 4.90. The van der Waals surface area contributed by atoms with E-state index in [1.54, 1.807) is 11.0 Å². The first-order valence-corrected chi connectivity index (χ1v) is 7.97. The molecule has 10 heteroatoms. The summed E-state index contributed by atoms with van der Waals surface area (Å²) in [7, 11) is 0. The smallest absolute Gasteiger partial charge is 0.395 e. The predicted octanol–water partition coefficient (Wildman–Crippen LogP) is 2.19. The fourth-order valence-corrected chi connectivity index (χ4v) is 2.49. The molecular formula is C16H17ClF3N3O3. The third-order valence-corrected chi connectivity index (χ3v) is 3.85. The van der Waals surface area contributed by atoms with Gasteiger partial charge < -0.3 is 15.1 Å². The molecule has 0 saturated carbocycles. The molecule has 0 spiro atoms. The van der Waals surface area contributed by atoms with Gasteiger partial charge in [0, 0.05) is 31.0 Å². The Hall–Kier alpha value is -2.23. The summed E-state index contributed by atoms with van der Waals surface area (Å²) in [6.45, 7) is 0.294. The van der Waals surface area contributed by atoms with Gasteiger partial charge in [-0.25, -0.2) is 4.68 Å². The Labute approximate surface area is 152 Å². The molecule has 0 fully saturated rings. The Balaban J connectivity index is 2.30. The summed E-state index contributed by atoms with van der Waals surface area (Å²) < 4.78 is 39.1. The van der Waals surface area contributed by atoms with Crippen LogP contribution < -0.4 is 15.9 Å². The topological polar surface area (TPSA) is 77.7 Å². The molecule has 2 aromatic rings. The predicted molar refractivity (Wildman–Crippen MR) is 92.6 cm³/mol. The van der Waals surface area contributed by atoms with Gasteiger partial charge in [0.25, 0.3) is 5.56 Å². The normalized spacial score (nSPS) is 11.5. The van der Waals surface area contributed by atoms with Gasteiger partial charge in [-0.1, -0.05) is 11.6 Å². The Morgan fingerprint density at radius 2 is 1.77 bits per heavy atom. The molecular weight excluding hydrogens is 375 g/mol. The number of aliphatic hydroxyl groups excluding tert-OH is 2. The lowest BCUT2D eigenvalue weighted by molar-refractivity contribution is -0.138. The van der Waals surface area contributed by atoms with Crippen LogP contribution in [-0.2, 0) is 6.18 Å². The van der Waals surface area contributed by atoms with Crippen LogP contribution in [0.4, 0.5) is 24.5 Å². The molecule has 1 aromatic carbocycles. The number of alkyl halides is 3. The minimum absolute atomic E-state index is 0.128. The number of hydrogen-bond acceptors (Lipinski definition) is 5. The molecule has 1 heterocycles. The average Bonchev–Trinajstić information content (AvgIpc) is 2.57. The van der Waals surface area contributed by atoms with Crippen LogP contribution in [0.2, 0.25) is 5.02 Å². The second-order valence-electron chi connectivity index (χ2n) is 5.33. The van der Waals surface area contributed by atoms with Gasteiger partial charge in [-0.2, -0.15) is 13.2 Å². The van der Waals surface area contributed by atoms with Gasteiger partial charge in [0.15, 0.2) is 0 Å². The molecule has 0 aliphatic carbocycles. The summed E-state index contributed by atoms with van der Waals surface area (Å²) in [5, 5.41) is 18.3. The second kappa shape index (κ2) is 8.43. The van der Waals surface area contributed by atoms with Gasteiger partial charge in [0.1, 0.15) is 0 Å². The molecule has 6 nitrogen and oxygen atoms in total. The van der Waals surface area contributed by atoms with Crippen molar-refractivity contribution in [3.05, 3.63) is 57.5 Å². The van der Waals surface area contributed by atoms with Crippen molar-refractivity contribution in [1.29, 1.82) is 0 Å². The van der Waals surface area contributed by atoms with E-state index in [4.69, 9.17) is 21.8 Å². The number of pyridine rings is 1. The van der Waals surface area contributed by atoms with E-state index in [1.807, 2.05) is 0 Å². The number of rotatable bonds is 7. The zero-order valence-corrected chi connectivity index (χ0v) is 14.3. The monoisotopic (exact) mass is 391 g/mol. The third-order valence-electron chi connectivity index (χ3n) is 3.54. The summed E-state index contributed by atoms with van der Waals surface area (Å²) in [4.78, 5) is 13.5. The molecule has 1 aromatic heterocycles. The number of hydrogen-bond donors (Lipinski definition) is 3. The average molecular weight is 392 g/mol. The maximum Gasteiger partial charge on any atom is 0.417 e. The van der Waals surface area contributed by atoms with E-state index >= 15 is 0 Å². The van der Waals surface area contributed by atoms with E-state index in [9.17, 15) is 18.0 Å². The van der Waals surface area contributed by atoms with Crippen molar-refractivity contribution >= 4 is 23.0 Å². The minimum Gasteiger partial charge on any atom is -0.395 e. The highest BCUT2D eigenvalue weighted by atomic mass is 35.5. The molecule has 0 radical (unpaired) electrons. The molecule has 0 bridgehead atoms. The molecule has 0 aliphatic heterocycles. The molecule has 0 aliphatic rings. The molecule has 0 amide bonds. The Morgan fingerprint density at radius 1 is 1.12 bits per heavy atom. The quantitative estimate of drug-likeness (QED) is 0.674. The largest absolute Gasteiger partial charge is 0.417 e. The standard InChI is InChI=1S/C16H17ClF3N3O3/c17-13-9-12(22(5-7-24)6-8-25)2-3-14(13)21-23-10-11(16(18,19)20)1-4-15(23)26/h1-4,9-10,21,24-25H,5-8H2. The fourth-order valence-electron chi connectivity index (χ4n) is 2.27. The highest BCUT2D eigenvalue weighted by Gasteiger charge is 2.31. The number of nitrogens with one attached hydrogen (secondary N) is 1. The Morgan fingerprint density at radius 3 is 2.31 bits per heavy atom. The van der Waals surface area contributed by atoms with Crippen molar-refractivity contribution in [2.24, 2.45) is 0 Å². The van der Waals surface area contributed by atoms with Crippen molar-refractivity contribution in [3.63, 3.8) is 0 Å². The van der Waals surface area contributed by atoms with Gasteiger partial charge in [0.05, 0.1) is 29.5 Å². The van der Waals surface area contributed by atoms with Crippen LogP contribution in [-0.4, -0.2) is 41.2 Å². The van der Waals surface area contributed by atoms with Crippen LogP contribution in [0.5, 0.6) is 0 Å². The van der Waals surface area contributed by atoms with Crippen LogP contribution in [0.3, 0.4) is 0 Å². The molecule has 26 heavy (non-hydrogen) atoms. The van der Waals surface area contributed by atoms with Crippen molar-refractivity contribution in [2.75, 3.05) is 36.6 Å². The summed E-state index contributed by atoms with van der Waals surface area (Å²) in [6, 6.07) is 6.13. The lowest BCUT2D eigenvalue weighted by Crippen LogP contribution is -2.30. The first-order valence-electron chi connectivity index (χ1n) is 7.59. The highest BCUT2D eigenvalue weighted by Crippen LogP contribution is 2.29. The first-order chi connectivity index (χ1) is 12.3. The van der Waals surface area contributed by atoms with Gasteiger partial charge in [0.2, 0.25) is 0 Å². The molecule has 142 valence electrons. The number of nitrogens with zero attached hydrogens (tertiary/aromatic N) is 2. The summed E-state index contributed by atoms with van der Waals surface area (Å²) in [5.41, 5.74) is 1.72. The Bertz CT molecular complexity index is 805. The van der Waals surface area contributed by atoms with E-state index in [-0.39, 0.29) is 37.0 Å². The van der Waals surface area contributed by atoms with Crippen LogP contribution in [0.1, 0.15) is 5.56 Å². The van der Waals surface area contributed by atoms with Crippen molar-refractivity contribution in [2.45, 2.75) is 6.18 Å². The van der Waals surface area contributed by atoms with E-state index in [0.717, 1.165) is 6.07 Å². The van der Waals surface area contributed by atoms with Gasteiger partial charge in [-0.05, 0) is 24.3 Å². The van der Waals surface area contributed by atoms with Crippen molar-refractivity contribution in [1.82, 2.24) is 4.68 Å². The Kier molecular flexibility index (Phi) is 6.52. The van der Waals surface area contributed by atoms with Crippen LogP contribution >= 0.6 is 11.6 Å². The van der Waals surface area contributed by atoms with E-state index in [0.29, 0.717) is 22.6 Å². The zero-order chi connectivity index (χ0) is 19.3. The summed E-state index contributed by atoms with van der Waals surface area (Å²) in [5.74, 6) is 0. The molecule has 0 atom stereocenters. The van der Waals surface area contributed by atoms with Gasteiger partial charge in [-0.15, -0.1) is 0 Å². The van der Waals surface area contributed by atoms with Crippen molar-refractivity contribution in [3.8, 4) is 0 Å². The minimum atomic E-state index is -4.58. The molecule has 0 unspecified atom stereocenters. The fraction of sp³-hybridized carbons (Fsp3) is 0.312. The van der Waals surface area contributed by atoms with E-state index in [2.05, 4.69) is 5.43 Å². The van der Waals surface area contributed by atoms with Crippen LogP contribution in [0, 0.1) is 0 Å². The van der Waals surface area contributed by atoms with Crippen molar-refractivity contribution < 1.29 is 23.4 Å². The lowest BCUT2D eigenvalue weighted by Gasteiger charge is -2.24. The number of halogens is 4. The lowest BCUT2D eigenvalue weighted by atomic mass is 10.2. The highest BCUT2D eigenvalue weighted by molar-refractivity contribution is 6.33. The number of aromatic nitrogens is 1. The van der Waals surface area contributed by atoms with Gasteiger partial charge >= 0.3 is 6.18 Å². The first kappa shape index (κ1) is 20.1. The molecule has 3 N–H and O–H groups in total. The maximum absolute atomic E-state index is 12.8. The molecule has 0 saturated heterocycles. The zero-order valence-electron chi connectivity index (χ0n) is 13.5. The number of aliphatic hydroxyl groups is 2. The van der Waals surface area contributed by atoms with E-state index < -0.39 is 17.3 Å². The van der Waals surface area contributed by atoms with Crippen LogP contribution in [0.15, 0.2) is 41.3 Å². The SMILES string of the molecule is O=c1ccc(C(F)(F)F)cn1Nc1ccc(N(CCO)CCO)cc1Cl. The molecule has 2 rings (SSSR count). The van der Waals surface area contributed by atoms with E-state index in [1.165, 1.54) is 12.1 Å². The summed E-state index contributed by atoms with van der Waals surface area (Å²) in [6.07, 6.45) is -3.93. The number of benzene rings is 1. The summed E-state index contributed by atoms with van der Waals surface area (Å²) >= 11 is 6.15.